The van der Waals surface area contributed by atoms with Crippen LogP contribution in [0.4, 0.5) is 4.79 Å². The van der Waals surface area contributed by atoms with E-state index in [2.05, 4.69) is 21.5 Å². The minimum atomic E-state index is -1.14. The lowest BCUT2D eigenvalue weighted by atomic mass is 9.94. The maximum Gasteiger partial charge on any atom is 0.404 e. The van der Waals surface area contributed by atoms with E-state index in [1.54, 1.807) is 23.1 Å². The molecule has 10 heteroatoms. The Hall–Kier alpha value is -4.39. The van der Waals surface area contributed by atoms with Gasteiger partial charge in [-0.05, 0) is 49.6 Å². The van der Waals surface area contributed by atoms with E-state index >= 15 is 0 Å². The molecular weight excluding hydrogens is 450 g/mol. The Kier molecular flexibility index (Phi) is 6.96. The molecule has 2 N–H and O–H groups in total. The van der Waals surface area contributed by atoms with E-state index in [1.807, 2.05) is 32.0 Å². The van der Waals surface area contributed by atoms with E-state index in [-0.39, 0.29) is 25.0 Å². The summed E-state index contributed by atoms with van der Waals surface area (Å²) in [6.07, 6.45) is -0.469. The molecule has 3 aromatic rings. The van der Waals surface area contributed by atoms with Crippen LogP contribution < -0.4 is 10.1 Å². The smallest absolute Gasteiger partial charge is 0.404 e. The number of rotatable bonds is 7. The van der Waals surface area contributed by atoms with Gasteiger partial charge in [-0.15, -0.1) is 0 Å². The van der Waals surface area contributed by atoms with Gasteiger partial charge in [0.1, 0.15) is 11.8 Å². The minimum absolute atomic E-state index is 0.0557. The first-order chi connectivity index (χ1) is 16.9. The number of nitrogens with one attached hydrogen (secondary N) is 1. The van der Waals surface area contributed by atoms with Gasteiger partial charge in [0.2, 0.25) is 11.7 Å². The Morgan fingerprint density at radius 3 is 2.89 bits per heavy atom. The Morgan fingerprint density at radius 1 is 1.31 bits per heavy atom. The molecule has 2 heterocycles. The number of fused-ring (bicyclic) bond motifs is 1. The fraction of sp³-hybridized carbons (Fsp3) is 0.320. The van der Waals surface area contributed by atoms with Crippen molar-refractivity contribution in [2.45, 2.75) is 39.3 Å². The summed E-state index contributed by atoms with van der Waals surface area (Å²) < 4.78 is 11.2. The van der Waals surface area contributed by atoms with Gasteiger partial charge in [-0.2, -0.15) is 10.2 Å². The van der Waals surface area contributed by atoms with Gasteiger partial charge in [-0.1, -0.05) is 23.4 Å². The van der Waals surface area contributed by atoms with Gasteiger partial charge < -0.3 is 24.6 Å². The molecule has 2 amide bonds. The van der Waals surface area contributed by atoms with Crippen molar-refractivity contribution in [1.29, 1.82) is 5.26 Å². The molecule has 0 saturated heterocycles. The summed E-state index contributed by atoms with van der Waals surface area (Å²) in [5, 5.41) is 24.6. The zero-order chi connectivity index (χ0) is 24.9. The Bertz CT molecular complexity index is 1290. The summed E-state index contributed by atoms with van der Waals surface area (Å²) in [7, 11) is 0. The molecule has 2 aromatic carbocycles. The maximum atomic E-state index is 12.5. The van der Waals surface area contributed by atoms with Crippen molar-refractivity contribution >= 4 is 12.0 Å². The lowest BCUT2D eigenvalue weighted by Gasteiger charge is -2.30. The van der Waals surface area contributed by atoms with E-state index in [0.29, 0.717) is 48.1 Å². The van der Waals surface area contributed by atoms with Gasteiger partial charge in [0.05, 0.1) is 11.7 Å². The highest BCUT2D eigenvalue weighted by Gasteiger charge is 2.24. The fourth-order valence-corrected chi connectivity index (χ4v) is 4.02. The van der Waals surface area contributed by atoms with Crippen LogP contribution in [0.1, 0.15) is 37.0 Å². The van der Waals surface area contributed by atoms with E-state index < -0.39 is 6.09 Å². The second-order valence-corrected chi connectivity index (χ2v) is 8.40. The molecular formula is C25H25N5O5. The molecule has 35 heavy (non-hydrogen) atoms. The van der Waals surface area contributed by atoms with Gasteiger partial charge in [0, 0.05) is 37.2 Å². The molecule has 0 unspecified atom stereocenters. The van der Waals surface area contributed by atoms with Crippen molar-refractivity contribution in [3.8, 4) is 34.7 Å². The van der Waals surface area contributed by atoms with Crippen LogP contribution in [0.15, 0.2) is 40.9 Å². The number of hydrogen-bond donors (Lipinski definition) is 2. The highest BCUT2D eigenvalue weighted by Crippen LogP contribution is 2.31. The molecule has 0 fully saturated rings. The first kappa shape index (κ1) is 23.8. The normalized spacial score (nSPS) is 12.7. The number of benzene rings is 2. The van der Waals surface area contributed by atoms with Crippen LogP contribution >= 0.6 is 0 Å². The van der Waals surface area contributed by atoms with Crippen LogP contribution in [0.2, 0.25) is 0 Å². The van der Waals surface area contributed by atoms with Crippen LogP contribution in [-0.4, -0.2) is 51.3 Å². The molecule has 0 bridgehead atoms. The number of ether oxygens (including phenoxy) is 1. The number of aromatic nitrogens is 2. The third kappa shape index (κ3) is 5.41. The van der Waals surface area contributed by atoms with Crippen LogP contribution in [0.25, 0.3) is 22.8 Å². The fourth-order valence-electron chi connectivity index (χ4n) is 4.02. The highest BCUT2D eigenvalue weighted by molar-refractivity contribution is 5.78. The molecule has 0 aliphatic carbocycles. The molecule has 0 spiro atoms. The number of carbonyl (C=O) groups excluding carboxylic acids is 1. The summed E-state index contributed by atoms with van der Waals surface area (Å²) >= 11 is 0. The first-order valence-corrected chi connectivity index (χ1v) is 11.3. The Morgan fingerprint density at radius 2 is 2.14 bits per heavy atom. The molecule has 0 atom stereocenters. The molecule has 10 nitrogen and oxygen atoms in total. The Labute approximate surface area is 202 Å². The van der Waals surface area contributed by atoms with E-state index in [9.17, 15) is 14.9 Å². The van der Waals surface area contributed by atoms with Crippen molar-refractivity contribution in [3.63, 3.8) is 0 Å². The third-order valence-electron chi connectivity index (χ3n) is 5.61. The van der Waals surface area contributed by atoms with Crippen LogP contribution in [0, 0.1) is 11.3 Å². The summed E-state index contributed by atoms with van der Waals surface area (Å²) in [5.74, 6) is 1.13. The molecule has 0 saturated carbocycles. The predicted octanol–water partition coefficient (Wildman–Crippen LogP) is 3.60. The molecule has 0 radical (unpaired) electrons. The SMILES string of the molecule is CC(C)Oc1ccc(-c2nc(-c3cccc4c3CCN(C(=O)CCNC(=O)O)C4)no2)cc1C#N. The Balaban J connectivity index is 1.53. The topological polar surface area (TPSA) is 142 Å². The van der Waals surface area contributed by atoms with Crippen LogP contribution in [0.3, 0.4) is 0 Å². The van der Waals surface area contributed by atoms with Gasteiger partial charge in [-0.25, -0.2) is 4.79 Å². The van der Waals surface area contributed by atoms with Crippen LogP contribution in [0.5, 0.6) is 5.75 Å². The molecule has 1 aromatic heterocycles. The van der Waals surface area contributed by atoms with E-state index in [1.165, 1.54) is 0 Å². The van der Waals surface area contributed by atoms with Crippen LogP contribution in [-0.2, 0) is 17.8 Å². The molecule has 1 aliphatic rings. The predicted molar refractivity (Wildman–Crippen MR) is 125 cm³/mol. The second-order valence-electron chi connectivity index (χ2n) is 8.40. The average molecular weight is 476 g/mol. The largest absolute Gasteiger partial charge is 0.490 e. The van der Waals surface area contributed by atoms with Crippen molar-refractivity contribution in [3.05, 3.63) is 53.1 Å². The highest BCUT2D eigenvalue weighted by atomic mass is 16.5. The number of nitriles is 1. The second kappa shape index (κ2) is 10.3. The first-order valence-electron chi connectivity index (χ1n) is 11.3. The number of nitrogens with zero attached hydrogens (tertiary/aromatic N) is 4. The maximum absolute atomic E-state index is 12.5. The number of carboxylic acid groups (broad SMARTS) is 1. The zero-order valence-electron chi connectivity index (χ0n) is 19.4. The number of hydrogen-bond acceptors (Lipinski definition) is 7. The molecule has 180 valence electrons. The van der Waals surface area contributed by atoms with Crippen molar-refractivity contribution < 1.29 is 24.0 Å². The minimum Gasteiger partial charge on any atom is -0.490 e. The average Bonchev–Trinajstić information content (AvgIpc) is 3.33. The molecule has 1 aliphatic heterocycles. The zero-order valence-corrected chi connectivity index (χ0v) is 19.4. The van der Waals surface area contributed by atoms with Gasteiger partial charge >= 0.3 is 6.09 Å². The summed E-state index contributed by atoms with van der Waals surface area (Å²) in [6.45, 7) is 4.82. The van der Waals surface area contributed by atoms with E-state index in [0.717, 1.165) is 16.7 Å². The van der Waals surface area contributed by atoms with Gasteiger partial charge in [0.15, 0.2) is 0 Å². The van der Waals surface area contributed by atoms with Gasteiger partial charge in [0.25, 0.3) is 5.89 Å². The monoisotopic (exact) mass is 475 g/mol. The van der Waals surface area contributed by atoms with E-state index in [4.69, 9.17) is 14.4 Å². The van der Waals surface area contributed by atoms with Crippen molar-refractivity contribution in [2.75, 3.05) is 13.1 Å². The lowest BCUT2D eigenvalue weighted by Crippen LogP contribution is -2.38. The van der Waals surface area contributed by atoms with Gasteiger partial charge in [-0.3, -0.25) is 4.79 Å². The van der Waals surface area contributed by atoms with Crippen molar-refractivity contribution in [2.24, 2.45) is 0 Å². The molecule has 4 rings (SSSR count). The summed E-state index contributed by atoms with van der Waals surface area (Å²) in [5.41, 5.74) is 3.87. The standard InChI is InChI=1S/C25H25N5O5/c1-15(2)34-21-7-6-16(12-18(21)13-26)24-28-23(29-35-24)20-5-3-4-17-14-30(11-9-19(17)20)22(31)8-10-27-25(32)33/h3-7,12,15,27H,8-11,14H2,1-2H3,(H,32,33). The number of amides is 2. The summed E-state index contributed by atoms with van der Waals surface area (Å²) in [4.78, 5) is 29.3. The number of carbonyl (C=O) groups is 2. The third-order valence-corrected chi connectivity index (χ3v) is 5.61. The quantitative estimate of drug-likeness (QED) is 0.528. The van der Waals surface area contributed by atoms with Crippen molar-refractivity contribution in [1.82, 2.24) is 20.4 Å². The lowest BCUT2D eigenvalue weighted by molar-refractivity contribution is -0.131. The summed E-state index contributed by atoms with van der Waals surface area (Å²) in [6, 6.07) is 13.1.